The van der Waals surface area contributed by atoms with Crippen LogP contribution in [0.4, 0.5) is 5.69 Å². The third-order valence-electron chi connectivity index (χ3n) is 4.96. The first-order valence-corrected chi connectivity index (χ1v) is 14.3. The fourth-order valence-corrected chi connectivity index (χ4v) is 6.37. The zero-order chi connectivity index (χ0) is 26.0. The van der Waals surface area contributed by atoms with Crippen molar-refractivity contribution < 1.29 is 14.3 Å². The molecule has 0 aliphatic carbocycles. The summed E-state index contributed by atoms with van der Waals surface area (Å²) in [5, 5.41) is 1.90. The summed E-state index contributed by atoms with van der Waals surface area (Å²) in [5.74, 6) is 0.873. The summed E-state index contributed by atoms with van der Waals surface area (Å²) in [5.41, 5.74) is 2.05. The molecule has 0 aromatic heterocycles. The van der Waals surface area contributed by atoms with Crippen LogP contribution in [0.3, 0.4) is 0 Å². The number of thioether (sulfide) groups is 1. The summed E-state index contributed by atoms with van der Waals surface area (Å²) < 4.78 is 13.1. The number of nitrogens with zero attached hydrogens (tertiary/aromatic N) is 1. The number of hydrogen-bond donors (Lipinski definition) is 0. The van der Waals surface area contributed by atoms with Gasteiger partial charge in [-0.15, -0.1) is 0 Å². The van der Waals surface area contributed by atoms with Crippen LogP contribution in [-0.4, -0.2) is 16.8 Å². The molecule has 186 valence electrons. The molecular weight excluding hydrogens is 695 g/mol. The molecule has 0 atom stereocenters. The molecule has 4 nitrogen and oxygen atoms in total. The van der Waals surface area contributed by atoms with E-state index < -0.39 is 0 Å². The van der Waals surface area contributed by atoms with E-state index in [4.69, 9.17) is 68.1 Å². The summed E-state index contributed by atoms with van der Waals surface area (Å²) in [6.07, 6.45) is 1.77. The third kappa shape index (κ3) is 6.26. The van der Waals surface area contributed by atoms with Crippen molar-refractivity contribution in [3.05, 3.63) is 88.2 Å². The lowest BCUT2D eigenvalue weighted by Gasteiger charge is -2.16. The van der Waals surface area contributed by atoms with Crippen LogP contribution < -0.4 is 14.4 Å². The van der Waals surface area contributed by atoms with Crippen molar-refractivity contribution in [2.75, 3.05) is 11.5 Å². The number of hydrogen-bond acceptors (Lipinski definition) is 5. The number of halogens is 5. The van der Waals surface area contributed by atoms with Crippen molar-refractivity contribution >= 4 is 115 Å². The maximum Gasteiger partial charge on any atom is 0.270 e. The van der Waals surface area contributed by atoms with E-state index in [0.29, 0.717) is 53.1 Å². The molecule has 0 radical (unpaired) electrons. The largest absolute Gasteiger partial charge is 0.490 e. The average molecular weight is 711 g/mol. The molecule has 1 amide bonds. The second kappa shape index (κ2) is 12.1. The van der Waals surface area contributed by atoms with Crippen molar-refractivity contribution in [2.24, 2.45) is 0 Å². The Balaban J connectivity index is 1.61. The first-order chi connectivity index (χ1) is 17.2. The molecule has 0 spiro atoms. The van der Waals surface area contributed by atoms with Gasteiger partial charge in [0.25, 0.3) is 5.91 Å². The highest BCUT2D eigenvalue weighted by atomic mass is 127. The number of thiocarbonyl (C=S) groups is 1. The molecule has 1 fully saturated rings. The number of carbonyl (C=O) groups excluding carboxylic acids is 1. The van der Waals surface area contributed by atoms with Crippen LogP contribution in [0, 0.1) is 3.57 Å². The molecule has 0 N–H and O–H groups in total. The van der Waals surface area contributed by atoms with E-state index in [2.05, 4.69) is 22.6 Å². The Morgan fingerprint density at radius 2 is 1.69 bits per heavy atom. The maximum absolute atomic E-state index is 13.2. The van der Waals surface area contributed by atoms with Gasteiger partial charge in [0, 0.05) is 20.6 Å². The van der Waals surface area contributed by atoms with Crippen molar-refractivity contribution in [2.45, 2.75) is 13.5 Å². The molecule has 0 unspecified atom stereocenters. The summed E-state index contributed by atoms with van der Waals surface area (Å²) in [6.45, 7) is 2.57. The van der Waals surface area contributed by atoms with Gasteiger partial charge in [-0.1, -0.05) is 76.4 Å². The van der Waals surface area contributed by atoms with E-state index in [1.807, 2.05) is 25.1 Å². The summed E-state index contributed by atoms with van der Waals surface area (Å²) in [7, 11) is 0. The predicted octanol–water partition coefficient (Wildman–Crippen LogP) is 9.29. The molecule has 0 saturated carbocycles. The van der Waals surface area contributed by atoms with E-state index in [1.165, 1.54) is 16.7 Å². The van der Waals surface area contributed by atoms with Crippen LogP contribution in [0.5, 0.6) is 11.5 Å². The lowest BCUT2D eigenvalue weighted by molar-refractivity contribution is -0.113. The number of carbonyl (C=O) groups is 1. The number of ether oxygens (including phenoxy) is 2. The van der Waals surface area contributed by atoms with Gasteiger partial charge in [0.05, 0.1) is 25.8 Å². The zero-order valence-electron chi connectivity index (χ0n) is 18.5. The standard InChI is InChI=1S/C25H16Cl4INO3S2/c1-2-33-21-8-13(7-19(30)23(21)34-12-14-3-4-15(26)10-17(14)28)9-22-24(32)31(25(35)36-22)20-6-5-16(27)11-18(20)29/h3-11H,2,12H2,1H3/b22-9-. The Morgan fingerprint density at radius 3 is 2.36 bits per heavy atom. The van der Waals surface area contributed by atoms with Gasteiger partial charge in [0.1, 0.15) is 6.61 Å². The number of benzene rings is 3. The smallest absolute Gasteiger partial charge is 0.270 e. The van der Waals surface area contributed by atoms with Gasteiger partial charge in [-0.25, -0.2) is 0 Å². The van der Waals surface area contributed by atoms with Crippen molar-refractivity contribution in [1.29, 1.82) is 0 Å². The van der Waals surface area contributed by atoms with Crippen LogP contribution in [0.2, 0.25) is 20.1 Å². The molecule has 1 aliphatic rings. The molecule has 1 aliphatic heterocycles. The van der Waals surface area contributed by atoms with Gasteiger partial charge in [-0.3, -0.25) is 9.69 Å². The van der Waals surface area contributed by atoms with Gasteiger partial charge in [-0.05, 0) is 83.6 Å². The summed E-state index contributed by atoms with van der Waals surface area (Å²) in [4.78, 5) is 15.1. The molecule has 3 aromatic rings. The van der Waals surface area contributed by atoms with Crippen molar-refractivity contribution in [3.8, 4) is 11.5 Å². The Morgan fingerprint density at radius 1 is 1.00 bits per heavy atom. The molecule has 4 rings (SSSR count). The fraction of sp³-hybridized carbons (Fsp3) is 0.120. The number of amides is 1. The van der Waals surface area contributed by atoms with Crippen LogP contribution in [-0.2, 0) is 11.4 Å². The molecule has 36 heavy (non-hydrogen) atoms. The number of anilines is 1. The molecule has 3 aromatic carbocycles. The molecular formula is C25H16Cl4INO3S2. The van der Waals surface area contributed by atoms with E-state index in [1.54, 1.807) is 36.4 Å². The monoisotopic (exact) mass is 709 g/mol. The first kappa shape index (κ1) is 27.8. The first-order valence-electron chi connectivity index (χ1n) is 10.4. The van der Waals surface area contributed by atoms with Gasteiger partial charge >= 0.3 is 0 Å². The van der Waals surface area contributed by atoms with Crippen molar-refractivity contribution in [1.82, 2.24) is 0 Å². The predicted molar refractivity (Wildman–Crippen MR) is 163 cm³/mol. The fourth-order valence-electron chi connectivity index (χ4n) is 3.35. The normalized spacial score (nSPS) is 14.6. The molecule has 11 heteroatoms. The second-order valence-electron chi connectivity index (χ2n) is 7.40. The zero-order valence-corrected chi connectivity index (χ0v) is 25.3. The Bertz CT molecular complexity index is 1400. The average Bonchev–Trinajstić information content (AvgIpc) is 3.07. The van der Waals surface area contributed by atoms with E-state index in [0.717, 1.165) is 14.7 Å². The van der Waals surface area contributed by atoms with Crippen LogP contribution in [0.25, 0.3) is 6.08 Å². The quantitative estimate of drug-likeness (QED) is 0.139. The topological polar surface area (TPSA) is 38.8 Å². The summed E-state index contributed by atoms with van der Waals surface area (Å²) >= 11 is 33.4. The number of rotatable bonds is 7. The molecule has 1 saturated heterocycles. The highest BCUT2D eigenvalue weighted by molar-refractivity contribution is 14.1. The van der Waals surface area contributed by atoms with Gasteiger partial charge in [-0.2, -0.15) is 0 Å². The summed E-state index contributed by atoms with van der Waals surface area (Å²) in [6, 6.07) is 13.9. The Labute approximate surface area is 252 Å². The molecule has 1 heterocycles. The minimum absolute atomic E-state index is 0.242. The lowest BCUT2D eigenvalue weighted by atomic mass is 10.1. The van der Waals surface area contributed by atoms with Crippen LogP contribution in [0.1, 0.15) is 18.1 Å². The van der Waals surface area contributed by atoms with Gasteiger partial charge in [0.15, 0.2) is 15.8 Å². The minimum atomic E-state index is -0.264. The van der Waals surface area contributed by atoms with Gasteiger partial charge in [0.2, 0.25) is 0 Å². The second-order valence-corrected chi connectivity index (χ2v) is 11.9. The van der Waals surface area contributed by atoms with Crippen molar-refractivity contribution in [3.63, 3.8) is 0 Å². The van der Waals surface area contributed by atoms with E-state index in [9.17, 15) is 4.79 Å². The highest BCUT2D eigenvalue weighted by Gasteiger charge is 2.34. The SMILES string of the molecule is CCOc1cc(/C=C2\SC(=S)N(c3ccc(Cl)cc3Cl)C2=O)cc(I)c1OCc1ccc(Cl)cc1Cl. The van der Waals surface area contributed by atoms with E-state index in [-0.39, 0.29) is 12.5 Å². The lowest BCUT2D eigenvalue weighted by Crippen LogP contribution is -2.27. The third-order valence-corrected chi connectivity index (χ3v) is 8.19. The Kier molecular flexibility index (Phi) is 9.36. The minimum Gasteiger partial charge on any atom is -0.490 e. The Hall–Kier alpha value is -1.20. The molecule has 0 bridgehead atoms. The van der Waals surface area contributed by atoms with Crippen LogP contribution in [0.15, 0.2) is 53.4 Å². The maximum atomic E-state index is 13.2. The highest BCUT2D eigenvalue weighted by Crippen LogP contribution is 2.41. The van der Waals surface area contributed by atoms with E-state index >= 15 is 0 Å². The van der Waals surface area contributed by atoms with Gasteiger partial charge < -0.3 is 9.47 Å². The van der Waals surface area contributed by atoms with Crippen LogP contribution >= 0.6 is 93.0 Å².